The summed E-state index contributed by atoms with van der Waals surface area (Å²) < 4.78 is 11.8. The zero-order chi connectivity index (χ0) is 22.5. The van der Waals surface area contributed by atoms with E-state index in [0.717, 1.165) is 48.1 Å². The summed E-state index contributed by atoms with van der Waals surface area (Å²) in [7, 11) is 3.81. The molecule has 3 aromatic rings. The van der Waals surface area contributed by atoms with Gasteiger partial charge in [0.15, 0.2) is 16.6 Å². The number of thiocarbonyl (C=S) groups is 1. The number of aromatic nitrogens is 2. The molecule has 7 nitrogen and oxygen atoms in total. The summed E-state index contributed by atoms with van der Waals surface area (Å²) in [6, 6.07) is 11.8. The molecule has 2 aromatic carbocycles. The number of piperidine rings is 1. The molecule has 1 fully saturated rings. The fourth-order valence-corrected chi connectivity index (χ4v) is 4.05. The highest BCUT2D eigenvalue weighted by atomic mass is 32.1. The Balaban J connectivity index is 1.51. The topological polar surface area (TPSA) is 71.5 Å². The predicted molar refractivity (Wildman–Crippen MR) is 133 cm³/mol. The van der Waals surface area contributed by atoms with Crippen molar-refractivity contribution >= 4 is 39.7 Å². The molecular formula is C24H29N5O2S. The minimum Gasteiger partial charge on any atom is -0.493 e. The second-order valence-corrected chi connectivity index (χ2v) is 8.60. The molecule has 0 bridgehead atoms. The number of methoxy groups -OCH3 is 1. The van der Waals surface area contributed by atoms with Crippen molar-refractivity contribution in [2.75, 3.05) is 44.5 Å². The first-order chi connectivity index (χ1) is 15.5. The zero-order valence-corrected chi connectivity index (χ0v) is 19.5. The summed E-state index contributed by atoms with van der Waals surface area (Å²) >= 11 is 5.51. The Morgan fingerprint density at radius 2 is 1.91 bits per heavy atom. The van der Waals surface area contributed by atoms with Crippen LogP contribution < -0.4 is 20.1 Å². The van der Waals surface area contributed by atoms with E-state index in [4.69, 9.17) is 21.7 Å². The summed E-state index contributed by atoms with van der Waals surface area (Å²) in [5.41, 5.74) is 2.82. The number of ether oxygens (including phenoxy) is 2. The summed E-state index contributed by atoms with van der Waals surface area (Å²) in [5, 5.41) is 7.68. The molecule has 4 rings (SSSR count). The standard InChI is InChI=1S/C24H29N5O2S/c1-16-6-4-5-7-19(16)27-24(32)28-23-18-12-21(30-3)22(13-20(18)25-15-26-23)31-14-17-8-10-29(2)11-9-17/h4-7,12-13,15,17H,8-11,14H2,1-3H3,(H2,25,26,27,28,32). The van der Waals surface area contributed by atoms with Gasteiger partial charge in [0, 0.05) is 17.1 Å². The van der Waals surface area contributed by atoms with Crippen LogP contribution in [0.15, 0.2) is 42.7 Å². The van der Waals surface area contributed by atoms with Gasteiger partial charge in [-0.3, -0.25) is 0 Å². The molecule has 0 amide bonds. The third-order valence-corrected chi connectivity index (χ3v) is 6.06. The van der Waals surface area contributed by atoms with Gasteiger partial charge in [-0.05, 0) is 75.7 Å². The number of rotatable bonds is 6. The molecule has 2 heterocycles. The quantitative estimate of drug-likeness (QED) is 0.532. The number of likely N-dealkylation sites (tertiary alicyclic amines) is 1. The number of nitrogens with zero attached hydrogens (tertiary/aromatic N) is 3. The van der Waals surface area contributed by atoms with Crippen molar-refractivity contribution < 1.29 is 9.47 Å². The summed E-state index contributed by atoms with van der Waals surface area (Å²) in [5.74, 6) is 2.52. The number of benzene rings is 2. The number of fused-ring (bicyclic) bond motifs is 1. The van der Waals surface area contributed by atoms with Gasteiger partial charge in [0.2, 0.25) is 0 Å². The number of hydrogen-bond donors (Lipinski definition) is 2. The first-order valence-electron chi connectivity index (χ1n) is 10.8. The second kappa shape index (κ2) is 10.1. The molecule has 0 aliphatic carbocycles. The SMILES string of the molecule is COc1cc2c(NC(=S)Nc3ccccc3C)ncnc2cc1OCC1CCN(C)CC1. The van der Waals surface area contributed by atoms with E-state index >= 15 is 0 Å². The Bertz CT molecular complexity index is 1100. The smallest absolute Gasteiger partial charge is 0.176 e. The van der Waals surface area contributed by atoms with Gasteiger partial charge >= 0.3 is 0 Å². The Hall–Kier alpha value is -2.97. The van der Waals surface area contributed by atoms with Gasteiger partial charge in [0.05, 0.1) is 19.2 Å². The average Bonchev–Trinajstić information content (AvgIpc) is 2.80. The van der Waals surface area contributed by atoms with Gasteiger partial charge in [0.1, 0.15) is 12.1 Å². The molecule has 0 atom stereocenters. The summed E-state index contributed by atoms with van der Waals surface area (Å²) in [6.07, 6.45) is 3.82. The molecule has 32 heavy (non-hydrogen) atoms. The molecule has 1 saturated heterocycles. The van der Waals surface area contributed by atoms with E-state index in [1.54, 1.807) is 7.11 Å². The van der Waals surface area contributed by atoms with Gasteiger partial charge in [0.25, 0.3) is 0 Å². The van der Waals surface area contributed by atoms with Crippen LogP contribution in [-0.4, -0.2) is 53.8 Å². The van der Waals surface area contributed by atoms with Crippen LogP contribution in [0.25, 0.3) is 10.9 Å². The maximum absolute atomic E-state index is 6.16. The van der Waals surface area contributed by atoms with E-state index in [2.05, 4.69) is 32.5 Å². The summed E-state index contributed by atoms with van der Waals surface area (Å²) in [6.45, 7) is 4.93. The van der Waals surface area contributed by atoms with Crippen LogP contribution in [0.2, 0.25) is 0 Å². The van der Waals surface area contributed by atoms with Crippen LogP contribution in [0.1, 0.15) is 18.4 Å². The third kappa shape index (κ3) is 5.26. The predicted octanol–water partition coefficient (Wildman–Crippen LogP) is 4.48. The van der Waals surface area contributed by atoms with E-state index in [1.807, 2.05) is 43.3 Å². The molecule has 2 N–H and O–H groups in total. The number of anilines is 2. The van der Waals surface area contributed by atoms with Gasteiger partial charge in [-0.1, -0.05) is 18.2 Å². The van der Waals surface area contributed by atoms with E-state index in [1.165, 1.54) is 6.33 Å². The first kappa shape index (κ1) is 22.2. The van der Waals surface area contributed by atoms with Gasteiger partial charge < -0.3 is 25.0 Å². The van der Waals surface area contributed by atoms with Crippen LogP contribution in [-0.2, 0) is 0 Å². The number of hydrogen-bond acceptors (Lipinski definition) is 6. The monoisotopic (exact) mass is 451 g/mol. The van der Waals surface area contributed by atoms with Gasteiger partial charge in [-0.15, -0.1) is 0 Å². The van der Waals surface area contributed by atoms with Crippen molar-refractivity contribution in [3.63, 3.8) is 0 Å². The number of para-hydroxylation sites is 1. The van der Waals surface area contributed by atoms with Crippen molar-refractivity contribution in [3.8, 4) is 11.5 Å². The van der Waals surface area contributed by atoms with E-state index < -0.39 is 0 Å². The highest BCUT2D eigenvalue weighted by Crippen LogP contribution is 2.34. The van der Waals surface area contributed by atoms with Crippen LogP contribution in [0.3, 0.4) is 0 Å². The zero-order valence-electron chi connectivity index (χ0n) is 18.7. The minimum absolute atomic E-state index is 0.459. The average molecular weight is 452 g/mol. The molecule has 0 spiro atoms. The first-order valence-corrected chi connectivity index (χ1v) is 11.2. The van der Waals surface area contributed by atoms with Crippen molar-refractivity contribution in [2.45, 2.75) is 19.8 Å². The Morgan fingerprint density at radius 1 is 1.12 bits per heavy atom. The van der Waals surface area contributed by atoms with Crippen molar-refractivity contribution in [1.82, 2.24) is 14.9 Å². The number of nitrogens with one attached hydrogen (secondary N) is 2. The lowest BCUT2D eigenvalue weighted by atomic mass is 9.98. The largest absolute Gasteiger partial charge is 0.493 e. The van der Waals surface area contributed by atoms with Crippen LogP contribution >= 0.6 is 12.2 Å². The molecule has 1 aromatic heterocycles. The van der Waals surface area contributed by atoms with E-state index in [0.29, 0.717) is 35.0 Å². The Kier molecular flexibility index (Phi) is 7.02. The van der Waals surface area contributed by atoms with Crippen molar-refractivity contribution in [3.05, 3.63) is 48.3 Å². The van der Waals surface area contributed by atoms with E-state index in [-0.39, 0.29) is 0 Å². The molecule has 0 radical (unpaired) electrons. The minimum atomic E-state index is 0.459. The molecule has 1 aliphatic heterocycles. The highest BCUT2D eigenvalue weighted by molar-refractivity contribution is 7.80. The lowest BCUT2D eigenvalue weighted by molar-refractivity contribution is 0.157. The lowest BCUT2D eigenvalue weighted by Crippen LogP contribution is -2.32. The van der Waals surface area contributed by atoms with Crippen molar-refractivity contribution in [1.29, 1.82) is 0 Å². The van der Waals surface area contributed by atoms with Gasteiger partial charge in [-0.25, -0.2) is 9.97 Å². The summed E-state index contributed by atoms with van der Waals surface area (Å²) in [4.78, 5) is 11.2. The lowest BCUT2D eigenvalue weighted by Gasteiger charge is -2.28. The highest BCUT2D eigenvalue weighted by Gasteiger charge is 2.19. The van der Waals surface area contributed by atoms with Gasteiger partial charge in [-0.2, -0.15) is 0 Å². The van der Waals surface area contributed by atoms with Crippen LogP contribution in [0, 0.1) is 12.8 Å². The Morgan fingerprint density at radius 3 is 2.66 bits per heavy atom. The second-order valence-electron chi connectivity index (χ2n) is 8.19. The molecular weight excluding hydrogens is 422 g/mol. The molecule has 8 heteroatoms. The third-order valence-electron chi connectivity index (χ3n) is 5.86. The fraction of sp³-hybridized carbons (Fsp3) is 0.375. The molecule has 168 valence electrons. The van der Waals surface area contributed by atoms with E-state index in [9.17, 15) is 0 Å². The fourth-order valence-electron chi connectivity index (χ4n) is 3.85. The Labute approximate surface area is 194 Å². The van der Waals surface area contributed by atoms with Crippen molar-refractivity contribution in [2.24, 2.45) is 5.92 Å². The molecule has 1 aliphatic rings. The maximum atomic E-state index is 6.16. The maximum Gasteiger partial charge on any atom is 0.176 e. The molecule has 0 saturated carbocycles. The molecule has 0 unspecified atom stereocenters. The van der Waals surface area contributed by atoms with Crippen LogP contribution in [0.4, 0.5) is 11.5 Å². The number of aryl methyl sites for hydroxylation is 1. The normalized spacial score (nSPS) is 14.8. The van der Waals surface area contributed by atoms with Crippen LogP contribution in [0.5, 0.6) is 11.5 Å².